The van der Waals surface area contributed by atoms with Crippen molar-refractivity contribution in [2.24, 2.45) is 11.7 Å². The minimum atomic E-state index is -0.324. The van der Waals surface area contributed by atoms with Gasteiger partial charge in [0.05, 0.1) is 12.1 Å². The first-order valence-electron chi connectivity index (χ1n) is 9.22. The van der Waals surface area contributed by atoms with Crippen molar-refractivity contribution in [3.8, 4) is 0 Å². The smallest absolute Gasteiger partial charge is 0.273 e. The maximum absolute atomic E-state index is 12.8. The third kappa shape index (κ3) is 4.44. The van der Waals surface area contributed by atoms with Gasteiger partial charge in [0.25, 0.3) is 5.91 Å². The molecule has 0 aliphatic rings. The Bertz CT molecular complexity index is 822. The van der Waals surface area contributed by atoms with E-state index < -0.39 is 0 Å². The number of aromatic nitrogens is 1. The number of nitrogens with zero attached hydrogens (tertiary/aromatic N) is 1. The maximum atomic E-state index is 12.8. The summed E-state index contributed by atoms with van der Waals surface area (Å²) in [6.45, 7) is 4.10. The first-order valence-corrected chi connectivity index (χ1v) is 9.22. The Hall–Kier alpha value is -2.92. The fourth-order valence-corrected chi connectivity index (χ4v) is 2.90. The van der Waals surface area contributed by atoms with Gasteiger partial charge in [-0.05, 0) is 17.0 Å². The van der Waals surface area contributed by atoms with Crippen LogP contribution >= 0.6 is 0 Å². The minimum Gasteiger partial charge on any atom is -0.446 e. The summed E-state index contributed by atoms with van der Waals surface area (Å²) in [4.78, 5) is 17.1. The molecule has 27 heavy (non-hydrogen) atoms. The monoisotopic (exact) mass is 363 g/mol. The molecule has 3 rings (SSSR count). The van der Waals surface area contributed by atoms with Crippen LogP contribution < -0.4 is 11.1 Å². The number of carbonyl (C=O) groups is 1. The number of benzene rings is 2. The van der Waals surface area contributed by atoms with Gasteiger partial charge in [-0.3, -0.25) is 4.79 Å². The van der Waals surface area contributed by atoms with Gasteiger partial charge in [-0.1, -0.05) is 80.9 Å². The largest absolute Gasteiger partial charge is 0.446 e. The Kier molecular flexibility index (Phi) is 6.04. The quantitative estimate of drug-likeness (QED) is 0.658. The molecule has 3 N–H and O–H groups in total. The van der Waals surface area contributed by atoms with Crippen molar-refractivity contribution < 1.29 is 9.21 Å². The topological polar surface area (TPSA) is 81.1 Å². The van der Waals surface area contributed by atoms with Crippen LogP contribution in [0, 0.1) is 5.92 Å². The molecule has 0 fully saturated rings. The summed E-state index contributed by atoms with van der Waals surface area (Å²) in [6.07, 6.45) is 2.29. The molecule has 2 atom stereocenters. The number of hydrogen-bond acceptors (Lipinski definition) is 4. The average Bonchev–Trinajstić information content (AvgIpc) is 3.22. The molecule has 0 aliphatic heterocycles. The van der Waals surface area contributed by atoms with E-state index in [1.54, 1.807) is 0 Å². The molecule has 1 amide bonds. The molecular weight excluding hydrogens is 338 g/mol. The predicted octanol–water partition coefficient (Wildman–Crippen LogP) is 4.24. The molecule has 5 heteroatoms. The van der Waals surface area contributed by atoms with Crippen LogP contribution in [0.3, 0.4) is 0 Å². The molecule has 2 aromatic carbocycles. The number of nitrogens with one attached hydrogen (secondary N) is 1. The van der Waals surface area contributed by atoms with Gasteiger partial charge in [0.2, 0.25) is 5.89 Å². The van der Waals surface area contributed by atoms with Gasteiger partial charge in [0.15, 0.2) is 5.69 Å². The van der Waals surface area contributed by atoms with Crippen molar-refractivity contribution >= 4 is 5.91 Å². The lowest BCUT2D eigenvalue weighted by molar-refractivity contribution is 0.0938. The highest BCUT2D eigenvalue weighted by atomic mass is 16.3. The molecule has 0 aliphatic carbocycles. The third-order valence-corrected chi connectivity index (χ3v) is 4.84. The second-order valence-electron chi connectivity index (χ2n) is 6.71. The molecule has 5 nitrogen and oxygen atoms in total. The van der Waals surface area contributed by atoms with Crippen LogP contribution in [0.15, 0.2) is 71.3 Å². The van der Waals surface area contributed by atoms with Gasteiger partial charge in [-0.15, -0.1) is 0 Å². The van der Waals surface area contributed by atoms with Gasteiger partial charge in [0.1, 0.15) is 6.26 Å². The first-order chi connectivity index (χ1) is 13.1. The first kappa shape index (κ1) is 18.9. The zero-order valence-electron chi connectivity index (χ0n) is 15.6. The molecule has 0 saturated heterocycles. The van der Waals surface area contributed by atoms with E-state index in [2.05, 4.69) is 17.2 Å². The van der Waals surface area contributed by atoms with Crippen LogP contribution in [0.4, 0.5) is 0 Å². The second kappa shape index (κ2) is 8.64. The van der Waals surface area contributed by atoms with Gasteiger partial charge < -0.3 is 15.5 Å². The Morgan fingerprint density at radius 1 is 1.07 bits per heavy atom. The number of carbonyl (C=O) groups excluding carboxylic acids is 1. The molecule has 0 radical (unpaired) electrons. The van der Waals surface area contributed by atoms with Crippen molar-refractivity contribution in [1.29, 1.82) is 0 Å². The van der Waals surface area contributed by atoms with E-state index in [0.29, 0.717) is 5.89 Å². The van der Waals surface area contributed by atoms with Crippen LogP contribution in [0.5, 0.6) is 0 Å². The van der Waals surface area contributed by atoms with E-state index in [-0.39, 0.29) is 29.6 Å². The van der Waals surface area contributed by atoms with Crippen molar-refractivity contribution in [3.63, 3.8) is 0 Å². The lowest BCUT2D eigenvalue weighted by Crippen LogP contribution is -2.29. The molecule has 140 valence electrons. The highest BCUT2D eigenvalue weighted by Gasteiger charge is 2.23. The normalized spacial score (nSPS) is 13.3. The lowest BCUT2D eigenvalue weighted by Gasteiger charge is -2.19. The van der Waals surface area contributed by atoms with Crippen molar-refractivity contribution in [1.82, 2.24) is 10.3 Å². The van der Waals surface area contributed by atoms with Crippen molar-refractivity contribution in [3.05, 3.63) is 89.6 Å². The van der Waals surface area contributed by atoms with Crippen LogP contribution in [0.25, 0.3) is 0 Å². The zero-order valence-corrected chi connectivity index (χ0v) is 15.6. The standard InChI is InChI=1S/C22H25N3O2/c1-3-15(2)19(23)22-24-18(14-27-22)21(26)25-20(16-10-6-4-7-11-16)17-12-8-5-9-13-17/h4-15,19-20H,3,23H2,1-2H3,(H,25,26). The maximum Gasteiger partial charge on any atom is 0.273 e. The summed E-state index contributed by atoms with van der Waals surface area (Å²) in [5, 5.41) is 3.06. The molecule has 1 aromatic heterocycles. The van der Waals surface area contributed by atoms with Crippen LogP contribution in [0.1, 0.15) is 59.9 Å². The second-order valence-corrected chi connectivity index (χ2v) is 6.71. The van der Waals surface area contributed by atoms with E-state index in [1.165, 1.54) is 6.26 Å². The number of hydrogen-bond donors (Lipinski definition) is 2. The van der Waals surface area contributed by atoms with Gasteiger partial charge in [-0.2, -0.15) is 0 Å². The Morgan fingerprint density at radius 3 is 2.15 bits per heavy atom. The van der Waals surface area contributed by atoms with Crippen LogP contribution in [-0.4, -0.2) is 10.9 Å². The molecule has 1 heterocycles. The van der Waals surface area contributed by atoms with Crippen LogP contribution in [-0.2, 0) is 0 Å². The molecular formula is C22H25N3O2. The molecule has 0 saturated carbocycles. The lowest BCUT2D eigenvalue weighted by atomic mass is 9.98. The predicted molar refractivity (Wildman–Crippen MR) is 105 cm³/mol. The third-order valence-electron chi connectivity index (χ3n) is 4.84. The summed E-state index contributed by atoms with van der Waals surface area (Å²) in [5.41, 5.74) is 8.39. The SMILES string of the molecule is CCC(C)C(N)c1nc(C(=O)NC(c2ccccc2)c2ccccc2)co1. The van der Waals surface area contributed by atoms with Crippen LogP contribution in [0.2, 0.25) is 0 Å². The highest BCUT2D eigenvalue weighted by Crippen LogP contribution is 2.24. The summed E-state index contributed by atoms with van der Waals surface area (Å²) in [6, 6.07) is 19.1. The van der Waals surface area contributed by atoms with Gasteiger partial charge in [-0.25, -0.2) is 4.98 Å². The van der Waals surface area contributed by atoms with E-state index in [0.717, 1.165) is 17.5 Å². The van der Waals surface area contributed by atoms with Gasteiger partial charge >= 0.3 is 0 Å². The molecule has 3 aromatic rings. The summed E-state index contributed by atoms with van der Waals surface area (Å²) in [7, 11) is 0. The molecule has 0 bridgehead atoms. The average molecular weight is 363 g/mol. The summed E-state index contributed by atoms with van der Waals surface area (Å²) < 4.78 is 5.47. The van der Waals surface area contributed by atoms with E-state index >= 15 is 0 Å². The Labute approximate surface area is 159 Å². The fourth-order valence-electron chi connectivity index (χ4n) is 2.90. The molecule has 0 spiro atoms. The van der Waals surface area contributed by atoms with E-state index in [4.69, 9.17) is 10.2 Å². The number of amides is 1. The highest BCUT2D eigenvalue weighted by molar-refractivity contribution is 5.92. The Morgan fingerprint density at radius 2 is 1.63 bits per heavy atom. The van der Waals surface area contributed by atoms with Crippen molar-refractivity contribution in [2.45, 2.75) is 32.4 Å². The zero-order chi connectivity index (χ0) is 19.2. The Balaban J connectivity index is 1.82. The van der Waals surface area contributed by atoms with E-state index in [1.807, 2.05) is 67.6 Å². The van der Waals surface area contributed by atoms with E-state index in [9.17, 15) is 4.79 Å². The summed E-state index contributed by atoms with van der Waals surface area (Å²) >= 11 is 0. The number of oxazole rings is 1. The summed E-state index contributed by atoms with van der Waals surface area (Å²) in [5.74, 6) is 0.325. The molecule has 2 unspecified atom stereocenters. The van der Waals surface area contributed by atoms with Crippen molar-refractivity contribution in [2.75, 3.05) is 0 Å². The number of rotatable bonds is 7. The fraction of sp³-hybridized carbons (Fsp3) is 0.273. The van der Waals surface area contributed by atoms with Gasteiger partial charge in [0, 0.05) is 0 Å². The number of nitrogens with two attached hydrogens (primary N) is 1. The minimum absolute atomic E-state index is 0.223.